The van der Waals surface area contributed by atoms with Gasteiger partial charge < -0.3 is 15.8 Å². The molecule has 3 N–H and O–H groups in total. The molecule has 0 aliphatic rings. The number of hydrogen-bond acceptors (Lipinski definition) is 6. The van der Waals surface area contributed by atoms with E-state index in [0.29, 0.717) is 17.2 Å². The molecule has 94 valence electrons. The summed E-state index contributed by atoms with van der Waals surface area (Å²) in [4.78, 5) is 11.7. The van der Waals surface area contributed by atoms with Gasteiger partial charge in [-0.2, -0.15) is 4.37 Å². The maximum absolute atomic E-state index is 11.7. The van der Waals surface area contributed by atoms with E-state index in [1.165, 1.54) is 0 Å². The summed E-state index contributed by atoms with van der Waals surface area (Å²) in [6.07, 6.45) is 2.60. The van der Waals surface area contributed by atoms with E-state index >= 15 is 0 Å². The lowest BCUT2D eigenvalue weighted by molar-refractivity contribution is 0.0529. The van der Waals surface area contributed by atoms with E-state index in [1.807, 2.05) is 13.0 Å². The van der Waals surface area contributed by atoms with Gasteiger partial charge in [-0.3, -0.25) is 0 Å². The standard InChI is InChI=1S/C11H17N3O2S/c1-4-6-7(3)13-10-8(9(12)14-17-10)11(15)16-5-2/h4,7,13H,1,5-6H2,2-3H3,(H2,12,14). The number of nitrogen functional groups attached to an aromatic ring is 1. The highest BCUT2D eigenvalue weighted by molar-refractivity contribution is 7.11. The van der Waals surface area contributed by atoms with Gasteiger partial charge in [-0.25, -0.2) is 4.79 Å². The van der Waals surface area contributed by atoms with Crippen molar-refractivity contribution in [3.05, 3.63) is 18.2 Å². The van der Waals surface area contributed by atoms with Crippen molar-refractivity contribution >= 4 is 28.3 Å². The highest BCUT2D eigenvalue weighted by Crippen LogP contribution is 2.28. The summed E-state index contributed by atoms with van der Waals surface area (Å²) in [7, 11) is 0. The highest BCUT2D eigenvalue weighted by Gasteiger charge is 2.21. The monoisotopic (exact) mass is 255 g/mol. The van der Waals surface area contributed by atoms with Gasteiger partial charge in [0.25, 0.3) is 0 Å². The molecule has 5 nitrogen and oxygen atoms in total. The minimum Gasteiger partial charge on any atom is -0.462 e. The van der Waals surface area contributed by atoms with E-state index in [0.717, 1.165) is 18.0 Å². The fraction of sp³-hybridized carbons (Fsp3) is 0.455. The number of nitrogens with zero attached hydrogens (tertiary/aromatic N) is 1. The summed E-state index contributed by atoms with van der Waals surface area (Å²) in [6.45, 7) is 7.73. The molecule has 0 amide bonds. The third kappa shape index (κ3) is 3.45. The first-order valence-corrected chi connectivity index (χ1v) is 6.17. The smallest absolute Gasteiger partial charge is 0.344 e. The summed E-state index contributed by atoms with van der Waals surface area (Å²) in [6, 6.07) is 0.167. The number of rotatable bonds is 6. The Hall–Kier alpha value is -1.56. The third-order valence-electron chi connectivity index (χ3n) is 2.10. The van der Waals surface area contributed by atoms with Gasteiger partial charge in [-0.1, -0.05) is 6.08 Å². The van der Waals surface area contributed by atoms with E-state index in [2.05, 4.69) is 16.3 Å². The first-order valence-electron chi connectivity index (χ1n) is 5.39. The van der Waals surface area contributed by atoms with Crippen LogP contribution in [0.3, 0.4) is 0 Å². The highest BCUT2D eigenvalue weighted by atomic mass is 32.1. The molecule has 1 aromatic heterocycles. The molecule has 6 heteroatoms. The van der Waals surface area contributed by atoms with Gasteiger partial charge in [0.15, 0.2) is 5.82 Å². The SMILES string of the molecule is C=CCC(C)Nc1snc(N)c1C(=O)OCC. The largest absolute Gasteiger partial charge is 0.462 e. The molecule has 0 radical (unpaired) electrons. The van der Waals surface area contributed by atoms with E-state index in [9.17, 15) is 4.79 Å². The molecule has 1 aromatic rings. The summed E-state index contributed by atoms with van der Waals surface area (Å²) in [5.41, 5.74) is 5.99. The van der Waals surface area contributed by atoms with E-state index in [-0.39, 0.29) is 11.9 Å². The molecule has 0 aliphatic heterocycles. The van der Waals surface area contributed by atoms with Gasteiger partial charge in [-0.15, -0.1) is 6.58 Å². The fourth-order valence-electron chi connectivity index (χ4n) is 1.33. The van der Waals surface area contributed by atoms with Crippen LogP contribution in [-0.4, -0.2) is 23.0 Å². The Labute approximate surface area is 105 Å². The van der Waals surface area contributed by atoms with Gasteiger partial charge in [0.05, 0.1) is 6.61 Å². The molecule has 0 spiro atoms. The van der Waals surface area contributed by atoms with Crippen LogP contribution < -0.4 is 11.1 Å². The Morgan fingerprint density at radius 3 is 3.06 bits per heavy atom. The first-order chi connectivity index (χ1) is 8.10. The molecule has 0 fully saturated rings. The second kappa shape index (κ2) is 6.24. The van der Waals surface area contributed by atoms with Gasteiger partial charge in [0.2, 0.25) is 0 Å². The number of carbonyl (C=O) groups excluding carboxylic acids is 1. The molecule has 0 saturated carbocycles. The lowest BCUT2D eigenvalue weighted by Gasteiger charge is -2.12. The number of anilines is 2. The number of esters is 1. The van der Waals surface area contributed by atoms with Crippen LogP contribution in [0.4, 0.5) is 10.8 Å². The second-order valence-corrected chi connectivity index (χ2v) is 4.34. The average molecular weight is 255 g/mol. The molecular weight excluding hydrogens is 238 g/mol. The molecule has 0 aromatic carbocycles. The minimum absolute atomic E-state index is 0.167. The summed E-state index contributed by atoms with van der Waals surface area (Å²) in [5.74, 6) is -0.228. The quantitative estimate of drug-likeness (QED) is 0.602. The van der Waals surface area contributed by atoms with Crippen molar-refractivity contribution in [2.45, 2.75) is 26.3 Å². The van der Waals surface area contributed by atoms with Gasteiger partial charge in [0, 0.05) is 6.04 Å². The molecule has 0 saturated heterocycles. The van der Waals surface area contributed by atoms with Crippen molar-refractivity contribution in [1.29, 1.82) is 0 Å². The van der Waals surface area contributed by atoms with Crippen molar-refractivity contribution in [2.75, 3.05) is 17.7 Å². The fourth-order valence-corrected chi connectivity index (χ4v) is 2.15. The van der Waals surface area contributed by atoms with Crippen LogP contribution in [0.2, 0.25) is 0 Å². The van der Waals surface area contributed by atoms with Gasteiger partial charge in [-0.05, 0) is 31.8 Å². The second-order valence-electron chi connectivity index (χ2n) is 3.56. The molecule has 1 heterocycles. The molecular formula is C11H17N3O2S. The zero-order valence-corrected chi connectivity index (χ0v) is 10.8. The number of aromatic nitrogens is 1. The summed E-state index contributed by atoms with van der Waals surface area (Å²) >= 11 is 1.16. The third-order valence-corrected chi connectivity index (χ3v) is 2.89. The van der Waals surface area contributed by atoms with Crippen LogP contribution in [0, 0.1) is 0 Å². The lowest BCUT2D eigenvalue weighted by Crippen LogP contribution is -2.16. The number of hydrogen-bond donors (Lipinski definition) is 2. The zero-order chi connectivity index (χ0) is 12.8. The number of carbonyl (C=O) groups is 1. The number of nitrogens with one attached hydrogen (secondary N) is 1. The van der Waals surface area contributed by atoms with Crippen LogP contribution in [-0.2, 0) is 4.74 Å². The van der Waals surface area contributed by atoms with E-state index < -0.39 is 5.97 Å². The van der Waals surface area contributed by atoms with Crippen LogP contribution >= 0.6 is 11.5 Å². The zero-order valence-electron chi connectivity index (χ0n) is 10.0. The van der Waals surface area contributed by atoms with Crippen molar-refractivity contribution in [1.82, 2.24) is 4.37 Å². The maximum Gasteiger partial charge on any atom is 0.344 e. The molecule has 0 aliphatic carbocycles. The average Bonchev–Trinajstić information content (AvgIpc) is 2.60. The van der Waals surface area contributed by atoms with Gasteiger partial charge >= 0.3 is 5.97 Å². The molecule has 1 unspecified atom stereocenters. The Kier molecular flexibility index (Phi) is 4.96. The van der Waals surface area contributed by atoms with E-state index in [1.54, 1.807) is 6.92 Å². The summed E-state index contributed by atoms with van der Waals surface area (Å²) < 4.78 is 8.90. The van der Waals surface area contributed by atoms with Crippen LogP contribution in [0.15, 0.2) is 12.7 Å². The Morgan fingerprint density at radius 1 is 1.76 bits per heavy atom. The topological polar surface area (TPSA) is 77.2 Å². The maximum atomic E-state index is 11.7. The van der Waals surface area contributed by atoms with Crippen LogP contribution in [0.5, 0.6) is 0 Å². The van der Waals surface area contributed by atoms with Crippen molar-refractivity contribution in [3.63, 3.8) is 0 Å². The lowest BCUT2D eigenvalue weighted by atomic mass is 10.2. The normalized spacial score (nSPS) is 11.9. The number of nitrogens with two attached hydrogens (primary N) is 1. The van der Waals surface area contributed by atoms with Gasteiger partial charge in [0.1, 0.15) is 10.6 Å². The summed E-state index contributed by atoms with van der Waals surface area (Å²) in [5, 5.41) is 3.82. The Morgan fingerprint density at radius 2 is 2.47 bits per heavy atom. The van der Waals surface area contributed by atoms with E-state index in [4.69, 9.17) is 10.5 Å². The number of ether oxygens (including phenoxy) is 1. The molecule has 0 bridgehead atoms. The van der Waals surface area contributed by atoms with Crippen molar-refractivity contribution in [2.24, 2.45) is 0 Å². The minimum atomic E-state index is -0.438. The predicted molar refractivity (Wildman–Crippen MR) is 70.4 cm³/mol. The molecule has 17 heavy (non-hydrogen) atoms. The van der Waals surface area contributed by atoms with Crippen molar-refractivity contribution in [3.8, 4) is 0 Å². The Balaban J connectivity index is 2.85. The van der Waals surface area contributed by atoms with Crippen LogP contribution in [0.1, 0.15) is 30.6 Å². The molecule has 1 rings (SSSR count). The first kappa shape index (κ1) is 13.5. The molecule has 1 atom stereocenters. The van der Waals surface area contributed by atoms with Crippen LogP contribution in [0.25, 0.3) is 0 Å². The predicted octanol–water partition coefficient (Wildman–Crippen LogP) is 2.28. The van der Waals surface area contributed by atoms with Crippen molar-refractivity contribution < 1.29 is 9.53 Å². The Bertz CT molecular complexity index is 403.